The summed E-state index contributed by atoms with van der Waals surface area (Å²) in [4.78, 5) is 19.9. The Morgan fingerprint density at radius 2 is 1.69 bits per heavy atom. The van der Waals surface area contributed by atoms with Gasteiger partial charge in [-0.25, -0.2) is 8.42 Å². The van der Waals surface area contributed by atoms with E-state index in [4.69, 9.17) is 0 Å². The van der Waals surface area contributed by atoms with Gasteiger partial charge in [-0.3, -0.25) is 14.4 Å². The molecule has 0 unspecified atom stereocenters. The molecule has 1 amide bonds. The summed E-state index contributed by atoms with van der Waals surface area (Å²) in [6, 6.07) is 12.9. The van der Waals surface area contributed by atoms with E-state index in [9.17, 15) is 13.2 Å². The molecule has 2 aliphatic heterocycles. The largest absolute Gasteiger partial charge is 0.309 e. The van der Waals surface area contributed by atoms with Gasteiger partial charge >= 0.3 is 0 Å². The molecule has 2 heterocycles. The number of carbonyl (C=O) groups excluding carboxylic acids is 1. The lowest BCUT2D eigenvalue weighted by Gasteiger charge is -2.34. The number of hydrogen-bond donors (Lipinski definition) is 1. The number of likely N-dealkylation sites (N-methyl/N-ethyl adjacent to an activating group) is 1. The van der Waals surface area contributed by atoms with E-state index in [2.05, 4.69) is 21.4 Å². The lowest BCUT2D eigenvalue weighted by atomic mass is 9.84. The molecule has 2 aromatic rings. The second-order valence-corrected chi connectivity index (χ2v) is 11.9. The second-order valence-electron chi connectivity index (χ2n) is 10.2. The fraction of sp³-hybridized carbons (Fsp3) is 0.519. The summed E-state index contributed by atoms with van der Waals surface area (Å²) in [6.45, 7) is 10.5. The van der Waals surface area contributed by atoms with Crippen LogP contribution in [0.5, 0.6) is 0 Å². The molecule has 0 bridgehead atoms. The Hall–Kier alpha value is -2.42. The normalized spacial score (nSPS) is 21.5. The number of hydrogen-bond acceptors (Lipinski definition) is 5. The standard InChI is InChI=1S/C27H36N4O3S/c1-3-29-13-15-30(16-14-29)19-21-7-9-24(10-8-21)28-35(33,34)25-11-12-26-23(18-25)17-20(2)31(26)27(32)22-5-4-6-22/h7-12,18,20,22,28H,3-6,13-17,19H2,1-2H3/t20-/m1/s1. The third-order valence-electron chi connectivity index (χ3n) is 7.79. The van der Waals surface area contributed by atoms with E-state index < -0.39 is 10.0 Å². The Bertz CT molecular complexity index is 1170. The minimum absolute atomic E-state index is 0.0570. The predicted octanol–water partition coefficient (Wildman–Crippen LogP) is 3.70. The summed E-state index contributed by atoms with van der Waals surface area (Å²) < 4.78 is 29.0. The summed E-state index contributed by atoms with van der Waals surface area (Å²) >= 11 is 0. The third-order valence-corrected chi connectivity index (χ3v) is 9.17. The molecule has 188 valence electrons. The van der Waals surface area contributed by atoms with Gasteiger partial charge in [0.1, 0.15) is 0 Å². The van der Waals surface area contributed by atoms with Crippen molar-refractivity contribution in [1.29, 1.82) is 0 Å². The maximum absolute atomic E-state index is 13.1. The maximum atomic E-state index is 13.1. The smallest absolute Gasteiger partial charge is 0.261 e. The van der Waals surface area contributed by atoms with Gasteiger partial charge in [0.05, 0.1) is 4.90 Å². The van der Waals surface area contributed by atoms with Crippen LogP contribution in [0.4, 0.5) is 11.4 Å². The van der Waals surface area contributed by atoms with E-state index >= 15 is 0 Å². The highest BCUT2D eigenvalue weighted by Gasteiger charge is 2.37. The molecule has 1 saturated carbocycles. The summed E-state index contributed by atoms with van der Waals surface area (Å²) in [5, 5.41) is 0. The van der Waals surface area contributed by atoms with Gasteiger partial charge in [-0.15, -0.1) is 0 Å². The van der Waals surface area contributed by atoms with Crippen LogP contribution >= 0.6 is 0 Å². The second kappa shape index (κ2) is 9.91. The van der Waals surface area contributed by atoms with Crippen LogP contribution in [0.15, 0.2) is 47.4 Å². The number of amides is 1. The minimum atomic E-state index is -3.72. The van der Waals surface area contributed by atoms with Crippen molar-refractivity contribution >= 4 is 27.3 Å². The van der Waals surface area contributed by atoms with Gasteiger partial charge in [-0.05, 0) is 74.2 Å². The van der Waals surface area contributed by atoms with Crippen molar-refractivity contribution in [3.05, 3.63) is 53.6 Å². The van der Waals surface area contributed by atoms with E-state index in [0.717, 1.165) is 69.8 Å². The molecule has 2 aromatic carbocycles. The van der Waals surface area contributed by atoms with Crippen LogP contribution < -0.4 is 9.62 Å². The summed E-state index contributed by atoms with van der Waals surface area (Å²) in [5.74, 6) is 0.306. The Labute approximate surface area is 209 Å². The molecule has 3 aliphatic rings. The molecule has 0 spiro atoms. The first-order valence-electron chi connectivity index (χ1n) is 12.9. The lowest BCUT2D eigenvalue weighted by molar-refractivity contribution is -0.125. The van der Waals surface area contributed by atoms with E-state index in [1.165, 1.54) is 5.56 Å². The van der Waals surface area contributed by atoms with Crippen LogP contribution in [0.2, 0.25) is 0 Å². The Morgan fingerprint density at radius 1 is 1.00 bits per heavy atom. The Kier molecular flexibility index (Phi) is 6.88. The van der Waals surface area contributed by atoms with Crippen molar-refractivity contribution in [3.63, 3.8) is 0 Å². The number of anilines is 2. The third kappa shape index (κ3) is 5.10. The van der Waals surface area contributed by atoms with Gasteiger partial charge in [0.15, 0.2) is 0 Å². The van der Waals surface area contributed by atoms with Crippen molar-refractivity contribution in [2.75, 3.05) is 42.3 Å². The van der Waals surface area contributed by atoms with Gasteiger partial charge in [0, 0.05) is 56.1 Å². The van der Waals surface area contributed by atoms with E-state index in [1.54, 1.807) is 18.2 Å². The van der Waals surface area contributed by atoms with Gasteiger partial charge in [-0.2, -0.15) is 0 Å². The van der Waals surface area contributed by atoms with Gasteiger partial charge in [0.25, 0.3) is 10.0 Å². The molecular formula is C27H36N4O3S. The average Bonchev–Trinajstić information content (AvgIpc) is 3.14. The fourth-order valence-electron chi connectivity index (χ4n) is 5.38. The van der Waals surface area contributed by atoms with Crippen LogP contribution in [0.25, 0.3) is 0 Å². The lowest BCUT2D eigenvalue weighted by Crippen LogP contribution is -2.45. The van der Waals surface area contributed by atoms with E-state index in [0.29, 0.717) is 12.1 Å². The highest BCUT2D eigenvalue weighted by molar-refractivity contribution is 7.92. The van der Waals surface area contributed by atoms with E-state index in [1.807, 2.05) is 36.1 Å². The number of piperazine rings is 1. The van der Waals surface area contributed by atoms with Crippen LogP contribution in [-0.2, 0) is 27.8 Å². The van der Waals surface area contributed by atoms with Crippen LogP contribution in [0, 0.1) is 5.92 Å². The zero-order chi connectivity index (χ0) is 24.6. The summed E-state index contributed by atoms with van der Waals surface area (Å²) in [5.41, 5.74) is 3.52. The van der Waals surface area contributed by atoms with Crippen molar-refractivity contribution in [1.82, 2.24) is 9.80 Å². The first kappa shape index (κ1) is 24.3. The first-order chi connectivity index (χ1) is 16.8. The molecule has 35 heavy (non-hydrogen) atoms. The van der Waals surface area contributed by atoms with Crippen molar-refractivity contribution in [2.24, 2.45) is 5.92 Å². The van der Waals surface area contributed by atoms with Gasteiger partial charge in [-0.1, -0.05) is 25.5 Å². The monoisotopic (exact) mass is 496 g/mol. The molecule has 7 nitrogen and oxygen atoms in total. The first-order valence-corrected chi connectivity index (χ1v) is 14.3. The average molecular weight is 497 g/mol. The van der Waals surface area contributed by atoms with Crippen LogP contribution in [0.1, 0.15) is 44.2 Å². The number of sulfonamides is 1. The zero-order valence-corrected chi connectivity index (χ0v) is 21.6. The number of carbonyl (C=O) groups is 1. The van der Waals surface area contributed by atoms with Gasteiger partial charge in [0.2, 0.25) is 5.91 Å². The summed E-state index contributed by atoms with van der Waals surface area (Å²) in [7, 11) is -3.72. The Morgan fingerprint density at radius 3 is 2.31 bits per heavy atom. The predicted molar refractivity (Wildman–Crippen MR) is 139 cm³/mol. The Balaban J connectivity index is 1.24. The number of nitrogens with zero attached hydrogens (tertiary/aromatic N) is 3. The highest BCUT2D eigenvalue weighted by atomic mass is 32.2. The molecule has 1 aliphatic carbocycles. The molecule has 0 aromatic heterocycles. The SMILES string of the molecule is CCN1CCN(Cc2ccc(NS(=O)(=O)c3ccc4c(c3)C[C@@H](C)N4C(=O)C3CCC3)cc2)CC1. The molecular weight excluding hydrogens is 460 g/mol. The van der Waals surface area contributed by atoms with Crippen LogP contribution in [-0.4, -0.2) is 62.9 Å². The molecule has 1 atom stereocenters. The van der Waals surface area contributed by atoms with Gasteiger partial charge < -0.3 is 9.80 Å². The zero-order valence-electron chi connectivity index (χ0n) is 20.7. The quantitative estimate of drug-likeness (QED) is 0.633. The molecule has 5 rings (SSSR count). The highest BCUT2D eigenvalue weighted by Crippen LogP contribution is 2.38. The topological polar surface area (TPSA) is 73.0 Å². The summed E-state index contributed by atoms with van der Waals surface area (Å²) in [6.07, 6.45) is 3.72. The van der Waals surface area contributed by atoms with Crippen molar-refractivity contribution in [3.8, 4) is 0 Å². The minimum Gasteiger partial charge on any atom is -0.309 e. The van der Waals surface area contributed by atoms with Crippen molar-refractivity contribution < 1.29 is 13.2 Å². The van der Waals surface area contributed by atoms with E-state index in [-0.39, 0.29) is 22.8 Å². The fourth-order valence-corrected chi connectivity index (χ4v) is 6.49. The molecule has 8 heteroatoms. The maximum Gasteiger partial charge on any atom is 0.261 e. The van der Waals surface area contributed by atoms with Crippen molar-refractivity contribution in [2.45, 2.75) is 57.0 Å². The molecule has 2 fully saturated rings. The number of rotatable bonds is 7. The number of fused-ring (bicyclic) bond motifs is 1. The number of nitrogens with one attached hydrogen (secondary N) is 1. The number of benzene rings is 2. The molecule has 1 N–H and O–H groups in total. The molecule has 0 radical (unpaired) electrons. The van der Waals surface area contributed by atoms with Crippen LogP contribution in [0.3, 0.4) is 0 Å². The molecule has 1 saturated heterocycles.